The number of hydrogen-bond acceptors (Lipinski definition) is 3. The van der Waals surface area contributed by atoms with Gasteiger partial charge in [-0.05, 0) is 12.5 Å². The second-order valence-electron chi connectivity index (χ2n) is 4.38. The van der Waals surface area contributed by atoms with Gasteiger partial charge in [-0.25, -0.2) is 0 Å². The molecule has 1 fully saturated rings. The lowest BCUT2D eigenvalue weighted by molar-refractivity contribution is -0.148. The average Bonchev–Trinajstić information content (AvgIpc) is 2.58. The Kier molecular flexibility index (Phi) is 3.14. The van der Waals surface area contributed by atoms with Gasteiger partial charge in [0.15, 0.2) is 0 Å². The van der Waals surface area contributed by atoms with Crippen LogP contribution in [-0.2, 0) is 14.4 Å². The summed E-state index contributed by atoms with van der Waals surface area (Å²) in [5.74, 6) is -2.57. The predicted octanol–water partition coefficient (Wildman–Crippen LogP) is 0.922. The van der Waals surface area contributed by atoms with Gasteiger partial charge < -0.3 is 5.11 Å². The zero-order valence-electron chi connectivity index (χ0n) is 9.92. The van der Waals surface area contributed by atoms with Crippen molar-refractivity contribution in [3.8, 4) is 0 Å². The Balaban J connectivity index is 2.22. The lowest BCUT2D eigenvalue weighted by Gasteiger charge is -2.12. The zero-order valence-corrected chi connectivity index (χ0v) is 9.92. The highest BCUT2D eigenvalue weighted by atomic mass is 16.4. The Labute approximate surface area is 104 Å². The van der Waals surface area contributed by atoms with Crippen molar-refractivity contribution in [1.29, 1.82) is 0 Å². The summed E-state index contributed by atoms with van der Waals surface area (Å²) in [5, 5.41) is 8.66. The standard InChI is InChI=1S/C13H13NO4/c1-8-2-4-9(5-3-8)10-6-11(15)14(13(10)18)7-12(16)17/h2-5,10H,6-7H2,1H3,(H,16,17). The van der Waals surface area contributed by atoms with Crippen LogP contribution in [0.3, 0.4) is 0 Å². The quantitative estimate of drug-likeness (QED) is 0.806. The number of aryl methyl sites for hydroxylation is 1. The molecule has 2 rings (SSSR count). The minimum Gasteiger partial charge on any atom is -0.480 e. The fourth-order valence-corrected chi connectivity index (χ4v) is 2.04. The third-order valence-electron chi connectivity index (χ3n) is 3.02. The number of carbonyl (C=O) groups is 3. The number of carboxylic acids is 1. The van der Waals surface area contributed by atoms with Gasteiger partial charge in [0.2, 0.25) is 11.8 Å². The Hall–Kier alpha value is -2.17. The van der Waals surface area contributed by atoms with Gasteiger partial charge in [0.05, 0.1) is 5.92 Å². The van der Waals surface area contributed by atoms with Crippen molar-refractivity contribution in [1.82, 2.24) is 4.90 Å². The first kappa shape index (κ1) is 12.3. The van der Waals surface area contributed by atoms with E-state index < -0.39 is 30.2 Å². The molecule has 0 spiro atoms. The van der Waals surface area contributed by atoms with Crippen LogP contribution in [0.4, 0.5) is 0 Å². The van der Waals surface area contributed by atoms with Gasteiger partial charge in [0.1, 0.15) is 6.54 Å². The van der Waals surface area contributed by atoms with Crippen molar-refractivity contribution in [2.75, 3.05) is 6.54 Å². The molecule has 2 amide bonds. The molecule has 0 aliphatic carbocycles. The number of hydrogen-bond donors (Lipinski definition) is 1. The van der Waals surface area contributed by atoms with Gasteiger partial charge in [-0.2, -0.15) is 0 Å². The third-order valence-corrected chi connectivity index (χ3v) is 3.02. The molecule has 1 saturated heterocycles. The van der Waals surface area contributed by atoms with E-state index in [0.29, 0.717) is 0 Å². The monoisotopic (exact) mass is 247 g/mol. The predicted molar refractivity (Wildman–Crippen MR) is 62.9 cm³/mol. The Morgan fingerprint density at radius 2 is 1.94 bits per heavy atom. The van der Waals surface area contributed by atoms with Gasteiger partial charge in [-0.15, -0.1) is 0 Å². The molecule has 18 heavy (non-hydrogen) atoms. The van der Waals surface area contributed by atoms with Crippen molar-refractivity contribution < 1.29 is 19.5 Å². The highest BCUT2D eigenvalue weighted by Gasteiger charge is 2.40. The van der Waals surface area contributed by atoms with Gasteiger partial charge >= 0.3 is 5.97 Å². The second-order valence-corrected chi connectivity index (χ2v) is 4.38. The number of likely N-dealkylation sites (tertiary alicyclic amines) is 1. The highest BCUT2D eigenvalue weighted by Crippen LogP contribution is 2.29. The molecule has 0 aromatic heterocycles. The maximum Gasteiger partial charge on any atom is 0.323 e. The molecule has 1 aliphatic rings. The molecule has 1 unspecified atom stereocenters. The summed E-state index contributed by atoms with van der Waals surface area (Å²) in [6.07, 6.45) is 0.0508. The molecule has 1 N–H and O–H groups in total. The number of imide groups is 1. The Morgan fingerprint density at radius 1 is 1.33 bits per heavy atom. The minimum atomic E-state index is -1.18. The number of nitrogens with zero attached hydrogens (tertiary/aromatic N) is 1. The van der Waals surface area contributed by atoms with Crippen LogP contribution in [0.15, 0.2) is 24.3 Å². The molecule has 1 aromatic rings. The topological polar surface area (TPSA) is 74.7 Å². The fourth-order valence-electron chi connectivity index (χ4n) is 2.04. The van der Waals surface area contributed by atoms with Crippen molar-refractivity contribution in [2.45, 2.75) is 19.3 Å². The summed E-state index contributed by atoms with van der Waals surface area (Å²) >= 11 is 0. The molecule has 1 aliphatic heterocycles. The molecule has 94 valence electrons. The smallest absolute Gasteiger partial charge is 0.323 e. The molecule has 5 heteroatoms. The van der Waals surface area contributed by atoms with Crippen molar-refractivity contribution in [3.63, 3.8) is 0 Å². The fraction of sp³-hybridized carbons (Fsp3) is 0.308. The number of amides is 2. The van der Waals surface area contributed by atoms with Crippen LogP contribution in [0, 0.1) is 6.92 Å². The van der Waals surface area contributed by atoms with E-state index in [2.05, 4.69) is 0 Å². The molecule has 1 heterocycles. The first-order chi connectivity index (χ1) is 8.49. The Bertz CT molecular complexity index is 506. The van der Waals surface area contributed by atoms with Gasteiger partial charge in [0.25, 0.3) is 0 Å². The number of carboxylic acid groups (broad SMARTS) is 1. The van der Waals surface area contributed by atoms with Crippen LogP contribution < -0.4 is 0 Å². The van der Waals surface area contributed by atoms with Crippen LogP contribution in [0.25, 0.3) is 0 Å². The van der Waals surface area contributed by atoms with Crippen molar-refractivity contribution in [3.05, 3.63) is 35.4 Å². The van der Waals surface area contributed by atoms with Crippen LogP contribution in [0.2, 0.25) is 0 Å². The molecule has 1 aromatic carbocycles. The summed E-state index contributed by atoms with van der Waals surface area (Å²) in [4.78, 5) is 35.0. The summed E-state index contributed by atoms with van der Waals surface area (Å²) in [6, 6.07) is 7.34. The van der Waals surface area contributed by atoms with E-state index in [1.54, 1.807) is 12.1 Å². The molecule has 0 bridgehead atoms. The molecule has 5 nitrogen and oxygen atoms in total. The van der Waals surface area contributed by atoms with E-state index in [1.165, 1.54) is 0 Å². The van der Waals surface area contributed by atoms with Crippen molar-refractivity contribution in [2.24, 2.45) is 0 Å². The summed E-state index contributed by atoms with van der Waals surface area (Å²) < 4.78 is 0. The van der Waals surface area contributed by atoms with E-state index in [1.807, 2.05) is 19.1 Å². The third kappa shape index (κ3) is 2.25. The lowest BCUT2D eigenvalue weighted by atomic mass is 9.97. The van der Waals surface area contributed by atoms with E-state index in [-0.39, 0.29) is 6.42 Å². The van der Waals surface area contributed by atoms with Crippen LogP contribution in [0.5, 0.6) is 0 Å². The second kappa shape index (κ2) is 4.60. The zero-order chi connectivity index (χ0) is 13.3. The van der Waals surface area contributed by atoms with Crippen LogP contribution >= 0.6 is 0 Å². The maximum absolute atomic E-state index is 12.0. The summed E-state index contributed by atoms with van der Waals surface area (Å²) in [5.41, 5.74) is 1.82. The SMILES string of the molecule is Cc1ccc(C2CC(=O)N(CC(=O)O)C2=O)cc1. The van der Waals surface area contributed by atoms with E-state index in [0.717, 1.165) is 16.0 Å². The largest absolute Gasteiger partial charge is 0.480 e. The van der Waals surface area contributed by atoms with Gasteiger partial charge in [-0.1, -0.05) is 29.8 Å². The Morgan fingerprint density at radius 3 is 2.50 bits per heavy atom. The molecule has 0 saturated carbocycles. The summed E-state index contributed by atoms with van der Waals surface area (Å²) in [6.45, 7) is 1.38. The first-order valence-corrected chi connectivity index (χ1v) is 5.61. The van der Waals surface area contributed by atoms with E-state index in [4.69, 9.17) is 5.11 Å². The molecule has 0 radical (unpaired) electrons. The van der Waals surface area contributed by atoms with Crippen molar-refractivity contribution >= 4 is 17.8 Å². The minimum absolute atomic E-state index is 0.0508. The van der Waals surface area contributed by atoms with Crippen LogP contribution in [0.1, 0.15) is 23.5 Å². The number of rotatable bonds is 3. The maximum atomic E-state index is 12.0. The molecule has 1 atom stereocenters. The highest BCUT2D eigenvalue weighted by molar-refractivity contribution is 6.07. The lowest BCUT2D eigenvalue weighted by Crippen LogP contribution is -2.35. The normalized spacial score (nSPS) is 19.4. The molecular formula is C13H13NO4. The molecular weight excluding hydrogens is 234 g/mol. The number of carbonyl (C=O) groups excluding carboxylic acids is 2. The number of benzene rings is 1. The van der Waals surface area contributed by atoms with Gasteiger partial charge in [-0.3, -0.25) is 19.3 Å². The van der Waals surface area contributed by atoms with Crippen LogP contribution in [-0.4, -0.2) is 34.3 Å². The average molecular weight is 247 g/mol. The van der Waals surface area contributed by atoms with E-state index >= 15 is 0 Å². The number of aliphatic carboxylic acids is 1. The first-order valence-electron chi connectivity index (χ1n) is 5.61. The van der Waals surface area contributed by atoms with Gasteiger partial charge in [0, 0.05) is 6.42 Å². The van der Waals surface area contributed by atoms with E-state index in [9.17, 15) is 14.4 Å². The summed E-state index contributed by atoms with van der Waals surface area (Å²) in [7, 11) is 0.